The van der Waals surface area contributed by atoms with Crippen LogP contribution in [-0.2, 0) is 0 Å². The number of azo groups is 1. The number of H-pyrrole nitrogens is 1. The van der Waals surface area contributed by atoms with Crippen molar-refractivity contribution >= 4 is 17.0 Å². The van der Waals surface area contributed by atoms with E-state index in [0.717, 1.165) is 16.7 Å². The molecule has 0 aliphatic heterocycles. The number of nitrogens with one attached hydrogen (secondary N) is 1. The zero-order valence-corrected chi connectivity index (χ0v) is 10.4. The molecule has 1 atom stereocenters. The second-order valence-electron chi connectivity index (χ2n) is 4.10. The zero-order chi connectivity index (χ0) is 13.1. The van der Waals surface area contributed by atoms with Crippen LogP contribution in [0.2, 0.25) is 0 Å². The maximum atomic E-state index is 4.33. The van der Waals surface area contributed by atoms with E-state index in [1.807, 2.05) is 37.3 Å². The second-order valence-corrected chi connectivity index (χ2v) is 4.10. The average molecular weight is 252 g/mol. The van der Waals surface area contributed by atoms with E-state index in [9.17, 15) is 0 Å². The lowest BCUT2D eigenvalue weighted by molar-refractivity contribution is 0.726. The number of imidazole rings is 1. The standard InChI is InChI=1S/C13H12N6/c1-9(10-6-7-14-8-15-10)18-19-13-16-11-4-2-3-5-12(11)17-13/h2-9H,1H3,(H,16,17). The number of aromatic nitrogens is 4. The Hall–Kier alpha value is -2.63. The molecular formula is C13H12N6. The molecule has 2 aromatic heterocycles. The summed E-state index contributed by atoms with van der Waals surface area (Å²) in [5, 5.41) is 8.32. The first-order chi connectivity index (χ1) is 9.33. The number of hydrogen-bond donors (Lipinski definition) is 1. The summed E-state index contributed by atoms with van der Waals surface area (Å²) >= 11 is 0. The SMILES string of the molecule is CC(N=Nc1nc2ccccc2[nH]1)c1ccncn1. The predicted molar refractivity (Wildman–Crippen MR) is 71.1 cm³/mol. The maximum Gasteiger partial charge on any atom is 0.247 e. The average Bonchev–Trinajstić information content (AvgIpc) is 2.88. The van der Waals surface area contributed by atoms with E-state index in [-0.39, 0.29) is 6.04 Å². The highest BCUT2D eigenvalue weighted by molar-refractivity contribution is 5.76. The van der Waals surface area contributed by atoms with Crippen LogP contribution in [0.5, 0.6) is 0 Å². The molecule has 0 saturated heterocycles. The maximum absolute atomic E-state index is 4.33. The van der Waals surface area contributed by atoms with Gasteiger partial charge >= 0.3 is 0 Å². The summed E-state index contributed by atoms with van der Waals surface area (Å²) in [5.74, 6) is 0.502. The van der Waals surface area contributed by atoms with Crippen LogP contribution in [0, 0.1) is 0 Å². The highest BCUT2D eigenvalue weighted by Gasteiger charge is 2.05. The third-order valence-electron chi connectivity index (χ3n) is 2.74. The highest BCUT2D eigenvalue weighted by Crippen LogP contribution is 2.19. The van der Waals surface area contributed by atoms with Gasteiger partial charge in [0.2, 0.25) is 5.95 Å². The minimum Gasteiger partial charge on any atom is -0.321 e. The fourth-order valence-electron chi connectivity index (χ4n) is 1.74. The summed E-state index contributed by atoms with van der Waals surface area (Å²) in [6, 6.07) is 9.46. The van der Waals surface area contributed by atoms with Crippen molar-refractivity contribution in [3.05, 3.63) is 48.5 Å². The first-order valence-corrected chi connectivity index (χ1v) is 5.94. The number of fused-ring (bicyclic) bond motifs is 1. The third kappa shape index (κ3) is 2.47. The summed E-state index contributed by atoms with van der Waals surface area (Å²) in [4.78, 5) is 15.4. The second kappa shape index (κ2) is 4.93. The van der Waals surface area contributed by atoms with Gasteiger partial charge in [0.05, 0.1) is 16.7 Å². The summed E-state index contributed by atoms with van der Waals surface area (Å²) in [6.45, 7) is 1.93. The molecule has 94 valence electrons. The van der Waals surface area contributed by atoms with Crippen LogP contribution < -0.4 is 0 Å². The van der Waals surface area contributed by atoms with Crippen LogP contribution >= 0.6 is 0 Å². The number of rotatable bonds is 3. The van der Waals surface area contributed by atoms with E-state index in [1.54, 1.807) is 6.20 Å². The van der Waals surface area contributed by atoms with E-state index in [4.69, 9.17) is 0 Å². The Morgan fingerprint density at radius 1 is 1.21 bits per heavy atom. The molecule has 1 aromatic carbocycles. The van der Waals surface area contributed by atoms with Crippen LogP contribution in [0.4, 0.5) is 5.95 Å². The van der Waals surface area contributed by atoms with Crippen molar-refractivity contribution in [3.8, 4) is 0 Å². The number of para-hydroxylation sites is 2. The molecule has 0 bridgehead atoms. The lowest BCUT2D eigenvalue weighted by Gasteiger charge is -2.01. The molecule has 0 fully saturated rings. The summed E-state index contributed by atoms with van der Waals surface area (Å²) in [7, 11) is 0. The number of benzene rings is 1. The summed E-state index contributed by atoms with van der Waals surface area (Å²) in [6.07, 6.45) is 3.19. The zero-order valence-electron chi connectivity index (χ0n) is 10.4. The third-order valence-corrected chi connectivity index (χ3v) is 2.74. The minimum absolute atomic E-state index is 0.129. The summed E-state index contributed by atoms with van der Waals surface area (Å²) in [5.41, 5.74) is 2.66. The smallest absolute Gasteiger partial charge is 0.247 e. The summed E-state index contributed by atoms with van der Waals surface area (Å²) < 4.78 is 0. The van der Waals surface area contributed by atoms with Gasteiger partial charge in [-0.05, 0) is 25.1 Å². The number of nitrogens with zero attached hydrogens (tertiary/aromatic N) is 5. The van der Waals surface area contributed by atoms with Crippen molar-refractivity contribution in [2.75, 3.05) is 0 Å². The molecule has 6 heteroatoms. The Morgan fingerprint density at radius 3 is 2.89 bits per heavy atom. The molecule has 0 saturated carbocycles. The van der Waals surface area contributed by atoms with Gasteiger partial charge in [0.25, 0.3) is 0 Å². The van der Waals surface area contributed by atoms with E-state index in [1.165, 1.54) is 6.33 Å². The van der Waals surface area contributed by atoms with Crippen LogP contribution in [0.25, 0.3) is 11.0 Å². The molecular weight excluding hydrogens is 240 g/mol. The molecule has 2 heterocycles. The first kappa shape index (κ1) is 11.5. The Labute approximate surface area is 109 Å². The Bertz CT molecular complexity index is 670. The quantitative estimate of drug-likeness (QED) is 0.727. The molecule has 0 aliphatic rings. The van der Waals surface area contributed by atoms with E-state index in [0.29, 0.717) is 5.95 Å². The van der Waals surface area contributed by atoms with Crippen molar-refractivity contribution in [1.82, 2.24) is 19.9 Å². The van der Waals surface area contributed by atoms with Crippen LogP contribution in [0.3, 0.4) is 0 Å². The van der Waals surface area contributed by atoms with Gasteiger partial charge in [0.1, 0.15) is 12.4 Å². The van der Waals surface area contributed by atoms with Gasteiger partial charge in [-0.2, -0.15) is 5.11 Å². The molecule has 19 heavy (non-hydrogen) atoms. The van der Waals surface area contributed by atoms with E-state index >= 15 is 0 Å². The molecule has 0 radical (unpaired) electrons. The Kier molecular flexibility index (Phi) is 2.97. The lowest BCUT2D eigenvalue weighted by Crippen LogP contribution is -1.92. The molecule has 0 amide bonds. The molecule has 3 rings (SSSR count). The molecule has 1 unspecified atom stereocenters. The van der Waals surface area contributed by atoms with Gasteiger partial charge in [-0.15, -0.1) is 5.11 Å². The van der Waals surface area contributed by atoms with Crippen molar-refractivity contribution < 1.29 is 0 Å². The monoisotopic (exact) mass is 252 g/mol. The van der Waals surface area contributed by atoms with Crippen molar-refractivity contribution in [3.63, 3.8) is 0 Å². The van der Waals surface area contributed by atoms with Gasteiger partial charge in [-0.1, -0.05) is 12.1 Å². The van der Waals surface area contributed by atoms with Crippen LogP contribution in [0.15, 0.2) is 53.1 Å². The van der Waals surface area contributed by atoms with Crippen LogP contribution in [0.1, 0.15) is 18.7 Å². The largest absolute Gasteiger partial charge is 0.321 e. The number of hydrogen-bond acceptors (Lipinski definition) is 5. The van der Waals surface area contributed by atoms with Gasteiger partial charge < -0.3 is 4.98 Å². The van der Waals surface area contributed by atoms with Crippen LogP contribution in [-0.4, -0.2) is 19.9 Å². The number of aromatic amines is 1. The van der Waals surface area contributed by atoms with Crippen molar-refractivity contribution in [1.29, 1.82) is 0 Å². The molecule has 6 nitrogen and oxygen atoms in total. The lowest BCUT2D eigenvalue weighted by atomic mass is 10.2. The molecule has 1 N–H and O–H groups in total. The molecule has 0 aliphatic carbocycles. The highest BCUT2D eigenvalue weighted by atomic mass is 15.2. The molecule has 0 spiro atoms. The van der Waals surface area contributed by atoms with Gasteiger partial charge in [-0.3, -0.25) is 0 Å². The Morgan fingerprint density at radius 2 is 2.11 bits per heavy atom. The Balaban J connectivity index is 1.82. The van der Waals surface area contributed by atoms with Crippen molar-refractivity contribution in [2.45, 2.75) is 13.0 Å². The fraction of sp³-hybridized carbons (Fsp3) is 0.154. The van der Waals surface area contributed by atoms with Gasteiger partial charge in [0, 0.05) is 6.20 Å². The van der Waals surface area contributed by atoms with E-state index in [2.05, 4.69) is 30.2 Å². The fourth-order valence-corrected chi connectivity index (χ4v) is 1.74. The van der Waals surface area contributed by atoms with Gasteiger partial charge in [0.15, 0.2) is 0 Å². The van der Waals surface area contributed by atoms with Gasteiger partial charge in [-0.25, -0.2) is 15.0 Å². The van der Waals surface area contributed by atoms with Crippen molar-refractivity contribution in [2.24, 2.45) is 10.2 Å². The van der Waals surface area contributed by atoms with E-state index < -0.39 is 0 Å². The first-order valence-electron chi connectivity index (χ1n) is 5.94. The predicted octanol–water partition coefficient (Wildman–Crippen LogP) is 3.20. The molecule has 3 aromatic rings. The normalized spacial score (nSPS) is 13.1. The topological polar surface area (TPSA) is 79.2 Å². The minimum atomic E-state index is -0.129.